The number of nitrogens with zero attached hydrogens (tertiary/aromatic N) is 1. The third kappa shape index (κ3) is 1.64. The van der Waals surface area contributed by atoms with E-state index in [1.165, 1.54) is 13.0 Å². The molecule has 1 fully saturated rings. The second-order valence-electron chi connectivity index (χ2n) is 4.23. The molecule has 6 heteroatoms. The molecule has 2 rings (SSSR count). The largest absolute Gasteiger partial charge is 0.325 e. The first kappa shape index (κ1) is 12.5. The van der Waals surface area contributed by atoms with Crippen LogP contribution in [0.1, 0.15) is 19.4 Å². The minimum absolute atomic E-state index is 0.218. The van der Waals surface area contributed by atoms with Crippen molar-refractivity contribution in [3.8, 4) is 0 Å². The summed E-state index contributed by atoms with van der Waals surface area (Å²) < 4.78 is 26.1. The van der Waals surface area contributed by atoms with E-state index in [9.17, 15) is 18.4 Å². The topological polar surface area (TPSA) is 49.4 Å². The zero-order valence-corrected chi connectivity index (χ0v) is 9.96. The van der Waals surface area contributed by atoms with E-state index in [4.69, 9.17) is 0 Å². The van der Waals surface area contributed by atoms with Gasteiger partial charge in [-0.05, 0) is 31.5 Å². The normalized spacial score (nSPS) is 23.4. The number of carbonyl (C=O) groups is 2. The number of halogens is 2. The van der Waals surface area contributed by atoms with Gasteiger partial charge in [-0.2, -0.15) is 0 Å². The van der Waals surface area contributed by atoms with Crippen molar-refractivity contribution in [2.45, 2.75) is 19.4 Å². The average Bonchev–Trinajstić information content (AvgIpc) is 2.54. The SMILES string of the molecule is CCN1C(=O)N[C@@](C)(c2ccc(F)c(F)c2)C1=O. The molecule has 1 aliphatic heterocycles. The molecule has 0 unspecified atom stereocenters. The zero-order chi connectivity index (χ0) is 13.5. The Morgan fingerprint density at radius 3 is 2.44 bits per heavy atom. The summed E-state index contributed by atoms with van der Waals surface area (Å²) in [6.07, 6.45) is 0. The number of benzene rings is 1. The number of carbonyl (C=O) groups excluding carboxylic acids is 2. The Morgan fingerprint density at radius 1 is 1.28 bits per heavy atom. The van der Waals surface area contributed by atoms with Gasteiger partial charge in [-0.1, -0.05) is 6.07 Å². The number of urea groups is 1. The molecule has 0 saturated carbocycles. The Kier molecular flexibility index (Phi) is 2.80. The van der Waals surface area contributed by atoms with Gasteiger partial charge in [-0.3, -0.25) is 9.69 Å². The van der Waals surface area contributed by atoms with Crippen LogP contribution in [0.15, 0.2) is 18.2 Å². The average molecular weight is 254 g/mol. The van der Waals surface area contributed by atoms with E-state index in [0.717, 1.165) is 17.0 Å². The summed E-state index contributed by atoms with van der Waals surface area (Å²) in [5.41, 5.74) is -1.13. The number of imide groups is 1. The van der Waals surface area contributed by atoms with Crippen LogP contribution in [0.2, 0.25) is 0 Å². The van der Waals surface area contributed by atoms with Crippen molar-refractivity contribution in [2.75, 3.05) is 6.54 Å². The van der Waals surface area contributed by atoms with Crippen LogP contribution in [0.25, 0.3) is 0 Å². The maximum Gasteiger partial charge on any atom is 0.325 e. The maximum absolute atomic E-state index is 13.2. The van der Waals surface area contributed by atoms with Gasteiger partial charge >= 0.3 is 6.03 Å². The van der Waals surface area contributed by atoms with Crippen LogP contribution in [0.4, 0.5) is 13.6 Å². The van der Waals surface area contributed by atoms with Crippen molar-refractivity contribution >= 4 is 11.9 Å². The third-order valence-electron chi connectivity index (χ3n) is 3.09. The summed E-state index contributed by atoms with van der Waals surface area (Å²) in [5, 5.41) is 2.49. The molecule has 1 aromatic rings. The molecule has 0 bridgehead atoms. The quantitative estimate of drug-likeness (QED) is 0.817. The summed E-state index contributed by atoms with van der Waals surface area (Å²) in [5.74, 6) is -2.52. The highest BCUT2D eigenvalue weighted by Crippen LogP contribution is 2.29. The van der Waals surface area contributed by atoms with Gasteiger partial charge in [0.1, 0.15) is 5.54 Å². The van der Waals surface area contributed by atoms with Crippen LogP contribution in [-0.4, -0.2) is 23.4 Å². The van der Waals surface area contributed by atoms with Crippen LogP contribution in [-0.2, 0) is 10.3 Å². The second-order valence-corrected chi connectivity index (χ2v) is 4.23. The highest BCUT2D eigenvalue weighted by molar-refractivity contribution is 6.07. The maximum atomic E-state index is 13.2. The van der Waals surface area contributed by atoms with Crippen LogP contribution < -0.4 is 5.32 Å². The standard InChI is InChI=1S/C12H12F2N2O2/c1-3-16-10(17)12(2,15-11(16)18)7-4-5-8(13)9(14)6-7/h4-6H,3H2,1-2H3,(H,15,18)/t12-/m0/s1. The van der Waals surface area contributed by atoms with Crippen molar-refractivity contribution in [2.24, 2.45) is 0 Å². The number of rotatable bonds is 2. The number of hydrogen-bond acceptors (Lipinski definition) is 2. The van der Waals surface area contributed by atoms with Crippen LogP contribution in [0.3, 0.4) is 0 Å². The molecule has 96 valence electrons. The molecule has 1 aliphatic rings. The summed E-state index contributed by atoms with van der Waals surface area (Å²) in [7, 11) is 0. The predicted molar refractivity (Wildman–Crippen MR) is 59.6 cm³/mol. The Labute approximate surface area is 103 Å². The lowest BCUT2D eigenvalue weighted by Gasteiger charge is -2.22. The smallest absolute Gasteiger partial charge is 0.319 e. The second kappa shape index (κ2) is 4.04. The van der Waals surface area contributed by atoms with Gasteiger partial charge in [0.15, 0.2) is 11.6 Å². The monoisotopic (exact) mass is 254 g/mol. The van der Waals surface area contributed by atoms with Crippen molar-refractivity contribution in [1.82, 2.24) is 10.2 Å². The minimum Gasteiger partial charge on any atom is -0.319 e. The van der Waals surface area contributed by atoms with Gasteiger partial charge in [0.25, 0.3) is 5.91 Å². The first-order valence-corrected chi connectivity index (χ1v) is 5.49. The highest BCUT2D eigenvalue weighted by Gasteiger charge is 2.48. The van der Waals surface area contributed by atoms with Crippen molar-refractivity contribution < 1.29 is 18.4 Å². The zero-order valence-electron chi connectivity index (χ0n) is 9.96. The van der Waals surface area contributed by atoms with Gasteiger partial charge in [-0.15, -0.1) is 0 Å². The van der Waals surface area contributed by atoms with E-state index in [1.807, 2.05) is 0 Å². The van der Waals surface area contributed by atoms with Gasteiger partial charge < -0.3 is 5.32 Å². The lowest BCUT2D eigenvalue weighted by atomic mass is 9.92. The fraction of sp³-hybridized carbons (Fsp3) is 0.333. The molecule has 1 saturated heterocycles. The van der Waals surface area contributed by atoms with Crippen molar-refractivity contribution in [3.63, 3.8) is 0 Å². The summed E-state index contributed by atoms with van der Waals surface area (Å²) in [6, 6.07) is 2.61. The Bertz CT molecular complexity index is 533. The molecular formula is C12H12F2N2O2. The summed E-state index contributed by atoms with van der Waals surface area (Å²) in [6.45, 7) is 3.36. The van der Waals surface area contributed by atoms with Crippen LogP contribution >= 0.6 is 0 Å². The molecule has 0 spiro atoms. The molecule has 0 radical (unpaired) electrons. The van der Waals surface area contributed by atoms with E-state index in [0.29, 0.717) is 0 Å². The van der Waals surface area contributed by atoms with Crippen molar-refractivity contribution in [1.29, 1.82) is 0 Å². The Morgan fingerprint density at radius 2 is 1.94 bits per heavy atom. The first-order chi connectivity index (χ1) is 8.40. The van der Waals surface area contributed by atoms with Gasteiger partial charge in [0, 0.05) is 6.54 Å². The molecule has 1 heterocycles. The molecular weight excluding hydrogens is 242 g/mol. The predicted octanol–water partition coefficient (Wildman–Crippen LogP) is 1.75. The van der Waals surface area contributed by atoms with E-state index in [2.05, 4.69) is 5.32 Å². The van der Waals surface area contributed by atoms with E-state index in [1.54, 1.807) is 6.92 Å². The molecule has 0 aromatic heterocycles. The molecule has 1 atom stereocenters. The molecule has 18 heavy (non-hydrogen) atoms. The van der Waals surface area contributed by atoms with Gasteiger partial charge in [0.2, 0.25) is 0 Å². The lowest BCUT2D eigenvalue weighted by Crippen LogP contribution is -2.41. The lowest BCUT2D eigenvalue weighted by molar-refractivity contribution is -0.130. The Hall–Kier alpha value is -1.98. The molecule has 3 amide bonds. The summed E-state index contributed by atoms with van der Waals surface area (Å²) >= 11 is 0. The molecule has 1 aromatic carbocycles. The van der Waals surface area contributed by atoms with Gasteiger partial charge in [0.05, 0.1) is 0 Å². The summed E-state index contributed by atoms with van der Waals surface area (Å²) in [4.78, 5) is 24.7. The third-order valence-corrected chi connectivity index (χ3v) is 3.09. The molecule has 0 aliphatic carbocycles. The van der Waals surface area contributed by atoms with Crippen LogP contribution in [0.5, 0.6) is 0 Å². The minimum atomic E-state index is -1.35. The first-order valence-electron chi connectivity index (χ1n) is 5.49. The van der Waals surface area contributed by atoms with Crippen LogP contribution in [0, 0.1) is 11.6 Å². The van der Waals surface area contributed by atoms with E-state index < -0.39 is 29.1 Å². The molecule has 4 nitrogen and oxygen atoms in total. The number of likely N-dealkylation sites (N-methyl/N-ethyl adjacent to an activating group) is 1. The van der Waals surface area contributed by atoms with E-state index >= 15 is 0 Å². The highest BCUT2D eigenvalue weighted by atomic mass is 19.2. The number of amides is 3. The number of nitrogens with one attached hydrogen (secondary N) is 1. The van der Waals surface area contributed by atoms with Gasteiger partial charge in [-0.25, -0.2) is 13.6 Å². The molecule has 1 N–H and O–H groups in total. The Balaban J connectivity index is 2.46. The fourth-order valence-electron chi connectivity index (χ4n) is 1.99. The van der Waals surface area contributed by atoms with Crippen molar-refractivity contribution in [3.05, 3.63) is 35.4 Å². The van der Waals surface area contributed by atoms with E-state index in [-0.39, 0.29) is 12.1 Å². The fourth-order valence-corrected chi connectivity index (χ4v) is 1.99. The number of hydrogen-bond donors (Lipinski definition) is 1.